The van der Waals surface area contributed by atoms with E-state index in [2.05, 4.69) is 5.32 Å². The molecule has 104 valence electrons. The fraction of sp³-hybridized carbons (Fsp3) is 0.533. The molecule has 0 saturated heterocycles. The van der Waals surface area contributed by atoms with Crippen molar-refractivity contribution in [1.29, 1.82) is 0 Å². The molecule has 1 aromatic rings. The van der Waals surface area contributed by atoms with Crippen LogP contribution in [0.3, 0.4) is 0 Å². The molecule has 0 aromatic heterocycles. The lowest BCUT2D eigenvalue weighted by Gasteiger charge is -2.11. The van der Waals surface area contributed by atoms with Crippen LogP contribution in [0.5, 0.6) is 0 Å². The summed E-state index contributed by atoms with van der Waals surface area (Å²) < 4.78 is 0. The maximum Gasteiger partial charge on any atom is 0.225 e. The number of aryl methyl sites for hydroxylation is 1. The summed E-state index contributed by atoms with van der Waals surface area (Å²) in [5, 5.41) is 11.7. The molecule has 19 heavy (non-hydrogen) atoms. The minimum absolute atomic E-state index is 0.00225. The average Bonchev–Trinajstić information content (AvgIpc) is 3.20. The van der Waals surface area contributed by atoms with Gasteiger partial charge in [0.2, 0.25) is 5.91 Å². The first-order valence-electron chi connectivity index (χ1n) is 6.94. The lowest BCUT2D eigenvalue weighted by atomic mass is 10.1. The van der Waals surface area contributed by atoms with E-state index in [0.29, 0.717) is 12.3 Å². The van der Waals surface area contributed by atoms with Gasteiger partial charge in [0.25, 0.3) is 0 Å². The number of hydrogen-bond donors (Lipinski definition) is 3. The number of carbonyl (C=O) groups excluding carboxylic acids is 1. The maximum atomic E-state index is 11.8. The van der Waals surface area contributed by atoms with E-state index in [0.717, 1.165) is 36.9 Å². The number of hydrogen-bond acceptors (Lipinski definition) is 3. The van der Waals surface area contributed by atoms with Crippen LogP contribution in [0.2, 0.25) is 0 Å². The second kappa shape index (κ2) is 6.68. The molecule has 4 N–H and O–H groups in total. The molecule has 0 radical (unpaired) electrons. The Balaban J connectivity index is 1.85. The van der Waals surface area contributed by atoms with E-state index in [1.165, 1.54) is 0 Å². The quantitative estimate of drug-likeness (QED) is 0.699. The summed E-state index contributed by atoms with van der Waals surface area (Å²) >= 11 is 0. The number of benzene rings is 1. The number of nitrogens with one attached hydrogen (secondary N) is 1. The monoisotopic (exact) mass is 262 g/mol. The minimum Gasteiger partial charge on any atom is -0.396 e. The highest BCUT2D eigenvalue weighted by atomic mass is 16.2. The van der Waals surface area contributed by atoms with Crippen LogP contribution in [0, 0.1) is 5.92 Å². The number of amides is 1. The van der Waals surface area contributed by atoms with Gasteiger partial charge in [0.1, 0.15) is 0 Å². The van der Waals surface area contributed by atoms with Crippen LogP contribution in [0.4, 0.5) is 5.69 Å². The van der Waals surface area contributed by atoms with Crippen LogP contribution < -0.4 is 11.1 Å². The van der Waals surface area contributed by atoms with Gasteiger partial charge in [-0.15, -0.1) is 0 Å². The van der Waals surface area contributed by atoms with E-state index in [9.17, 15) is 4.79 Å². The van der Waals surface area contributed by atoms with Crippen molar-refractivity contribution in [2.24, 2.45) is 11.7 Å². The van der Waals surface area contributed by atoms with Crippen LogP contribution in [0.1, 0.15) is 31.2 Å². The van der Waals surface area contributed by atoms with Gasteiger partial charge in [0, 0.05) is 24.8 Å². The Labute approximate surface area is 114 Å². The summed E-state index contributed by atoms with van der Waals surface area (Å²) in [6.07, 6.45) is 4.27. The molecule has 1 aliphatic carbocycles. The third kappa shape index (κ3) is 4.65. The van der Waals surface area contributed by atoms with Crippen molar-refractivity contribution in [3.63, 3.8) is 0 Å². The van der Waals surface area contributed by atoms with Crippen LogP contribution in [0.25, 0.3) is 0 Å². The number of anilines is 1. The number of carbonyl (C=O) groups is 1. The molecule has 0 aliphatic heterocycles. The van der Waals surface area contributed by atoms with Gasteiger partial charge in [-0.05, 0) is 49.3 Å². The molecule has 2 rings (SSSR count). The van der Waals surface area contributed by atoms with Gasteiger partial charge >= 0.3 is 0 Å². The molecule has 1 fully saturated rings. The maximum absolute atomic E-state index is 11.8. The highest BCUT2D eigenvalue weighted by molar-refractivity contribution is 5.91. The Hall–Kier alpha value is -1.39. The molecule has 1 saturated carbocycles. The molecule has 0 spiro atoms. The van der Waals surface area contributed by atoms with E-state index < -0.39 is 0 Å². The summed E-state index contributed by atoms with van der Waals surface area (Å²) in [6, 6.07) is 7.75. The SMILES string of the molecule is NC(CC(=O)Nc1cccc(CCCO)c1)C1CC1. The average molecular weight is 262 g/mol. The highest BCUT2D eigenvalue weighted by Crippen LogP contribution is 2.32. The van der Waals surface area contributed by atoms with Gasteiger partial charge in [-0.3, -0.25) is 4.79 Å². The van der Waals surface area contributed by atoms with E-state index >= 15 is 0 Å². The molecule has 0 bridgehead atoms. The third-order valence-corrected chi connectivity index (χ3v) is 3.48. The smallest absolute Gasteiger partial charge is 0.225 e. The lowest BCUT2D eigenvalue weighted by Crippen LogP contribution is -2.28. The van der Waals surface area contributed by atoms with Crippen LogP contribution in [-0.2, 0) is 11.2 Å². The Morgan fingerprint density at radius 2 is 2.26 bits per heavy atom. The summed E-state index contributed by atoms with van der Waals surface area (Å²) in [5.74, 6) is 0.528. The van der Waals surface area contributed by atoms with Gasteiger partial charge in [0.05, 0.1) is 0 Å². The van der Waals surface area contributed by atoms with E-state index in [1.807, 2.05) is 24.3 Å². The predicted octanol–water partition coefficient (Wildman–Crippen LogP) is 1.68. The van der Waals surface area contributed by atoms with Crippen molar-refractivity contribution in [1.82, 2.24) is 0 Å². The second-order valence-electron chi connectivity index (χ2n) is 5.28. The van der Waals surface area contributed by atoms with Crippen molar-refractivity contribution in [2.45, 2.75) is 38.1 Å². The first-order chi connectivity index (χ1) is 9.19. The van der Waals surface area contributed by atoms with Crippen molar-refractivity contribution in [3.8, 4) is 0 Å². The fourth-order valence-corrected chi connectivity index (χ4v) is 2.20. The molecule has 1 aliphatic rings. The van der Waals surface area contributed by atoms with Crippen LogP contribution in [-0.4, -0.2) is 23.7 Å². The fourth-order valence-electron chi connectivity index (χ4n) is 2.20. The Morgan fingerprint density at radius 3 is 2.95 bits per heavy atom. The lowest BCUT2D eigenvalue weighted by molar-refractivity contribution is -0.116. The summed E-state index contributed by atoms with van der Waals surface area (Å²) in [6.45, 7) is 0.187. The molecular formula is C15H22N2O2. The van der Waals surface area contributed by atoms with Gasteiger partial charge in [-0.1, -0.05) is 12.1 Å². The molecule has 1 atom stereocenters. The van der Waals surface area contributed by atoms with E-state index in [-0.39, 0.29) is 18.6 Å². The summed E-state index contributed by atoms with van der Waals surface area (Å²) in [5.41, 5.74) is 7.87. The minimum atomic E-state index is -0.0151. The van der Waals surface area contributed by atoms with Crippen molar-refractivity contribution in [2.75, 3.05) is 11.9 Å². The standard InChI is InChI=1S/C15H22N2O2/c16-14(12-6-7-12)10-15(19)17-13-5-1-3-11(9-13)4-2-8-18/h1,3,5,9,12,14,18H,2,4,6-8,10,16H2,(H,17,19). The molecule has 4 heteroatoms. The molecular weight excluding hydrogens is 240 g/mol. The molecule has 1 aromatic carbocycles. The molecule has 4 nitrogen and oxygen atoms in total. The Bertz CT molecular complexity index is 430. The van der Waals surface area contributed by atoms with Crippen molar-refractivity contribution in [3.05, 3.63) is 29.8 Å². The second-order valence-corrected chi connectivity index (χ2v) is 5.28. The molecule has 1 unspecified atom stereocenters. The van der Waals surface area contributed by atoms with Crippen molar-refractivity contribution < 1.29 is 9.90 Å². The van der Waals surface area contributed by atoms with Crippen LogP contribution in [0.15, 0.2) is 24.3 Å². The largest absolute Gasteiger partial charge is 0.396 e. The summed E-state index contributed by atoms with van der Waals surface area (Å²) in [4.78, 5) is 11.8. The van der Waals surface area contributed by atoms with Gasteiger partial charge < -0.3 is 16.2 Å². The zero-order valence-corrected chi connectivity index (χ0v) is 11.1. The number of rotatable bonds is 7. The van der Waals surface area contributed by atoms with Crippen molar-refractivity contribution >= 4 is 11.6 Å². The zero-order valence-electron chi connectivity index (χ0n) is 11.1. The normalized spacial score (nSPS) is 16.1. The Kier molecular flexibility index (Phi) is 4.93. The third-order valence-electron chi connectivity index (χ3n) is 3.48. The summed E-state index contributed by atoms with van der Waals surface area (Å²) in [7, 11) is 0. The van der Waals surface area contributed by atoms with Gasteiger partial charge in [0.15, 0.2) is 0 Å². The highest BCUT2D eigenvalue weighted by Gasteiger charge is 2.29. The van der Waals surface area contributed by atoms with Crippen LogP contribution >= 0.6 is 0 Å². The molecule has 0 heterocycles. The first-order valence-corrected chi connectivity index (χ1v) is 6.94. The van der Waals surface area contributed by atoms with E-state index in [1.54, 1.807) is 0 Å². The molecule has 1 amide bonds. The number of nitrogens with two attached hydrogens (primary N) is 1. The van der Waals surface area contributed by atoms with Gasteiger partial charge in [-0.25, -0.2) is 0 Å². The van der Waals surface area contributed by atoms with Gasteiger partial charge in [-0.2, -0.15) is 0 Å². The number of aliphatic hydroxyl groups excluding tert-OH is 1. The number of aliphatic hydroxyl groups is 1. The zero-order chi connectivity index (χ0) is 13.7. The topological polar surface area (TPSA) is 75.4 Å². The van der Waals surface area contributed by atoms with E-state index in [4.69, 9.17) is 10.8 Å². The Morgan fingerprint density at radius 1 is 1.47 bits per heavy atom. The predicted molar refractivity (Wildman–Crippen MR) is 75.8 cm³/mol. The first kappa shape index (κ1) is 14.0.